The lowest BCUT2D eigenvalue weighted by Crippen LogP contribution is -1.98. The van der Waals surface area contributed by atoms with Gasteiger partial charge in [-0.15, -0.1) is 0 Å². The fraction of sp³-hybridized carbons (Fsp3) is 0.0714. The SMILES string of the molecule is CS(=O)(=O)c1c[nH]c2c(ccc3c(Cl)ccc(=S)c32)c1. The van der Waals surface area contributed by atoms with Gasteiger partial charge in [-0.05, 0) is 23.6 Å². The number of fused-ring (bicyclic) bond motifs is 3. The molecule has 2 aromatic carbocycles. The standard InChI is InChI=1S/C14H10ClNO2S2/c1-20(17,18)9-6-8-2-3-10-11(15)4-5-12(19)13(10)14(8)16-7-9/h2-7,16H,1H3. The van der Waals surface area contributed by atoms with Crippen LogP contribution in [0.4, 0.5) is 0 Å². The zero-order chi connectivity index (χ0) is 14.5. The molecule has 3 rings (SSSR count). The maximum Gasteiger partial charge on any atom is 0.176 e. The fourth-order valence-corrected chi connectivity index (χ4v) is 3.34. The molecule has 0 unspecified atom stereocenters. The Morgan fingerprint density at radius 3 is 2.65 bits per heavy atom. The summed E-state index contributed by atoms with van der Waals surface area (Å²) >= 11 is 11.5. The van der Waals surface area contributed by atoms with Gasteiger partial charge < -0.3 is 4.98 Å². The highest BCUT2D eigenvalue weighted by Crippen LogP contribution is 2.30. The van der Waals surface area contributed by atoms with Gasteiger partial charge in [0, 0.05) is 32.8 Å². The second-order valence-corrected chi connectivity index (χ2v) is 7.47. The average Bonchev–Trinajstić information content (AvgIpc) is 2.40. The Balaban J connectivity index is 2.51. The summed E-state index contributed by atoms with van der Waals surface area (Å²) in [5, 5.41) is 3.10. The molecule has 0 amide bonds. The van der Waals surface area contributed by atoms with Crippen LogP contribution in [0.15, 0.2) is 41.4 Å². The first kappa shape index (κ1) is 13.5. The lowest BCUT2D eigenvalue weighted by molar-refractivity contribution is 0.601. The van der Waals surface area contributed by atoms with Crippen LogP contribution in [-0.4, -0.2) is 19.7 Å². The molecule has 0 spiro atoms. The van der Waals surface area contributed by atoms with Gasteiger partial charge in [0.1, 0.15) is 0 Å². The van der Waals surface area contributed by atoms with Crippen molar-refractivity contribution in [3.63, 3.8) is 0 Å². The first-order valence-electron chi connectivity index (χ1n) is 5.81. The van der Waals surface area contributed by atoms with Crippen LogP contribution in [0.25, 0.3) is 21.7 Å². The van der Waals surface area contributed by atoms with Gasteiger partial charge in [0.15, 0.2) is 9.84 Å². The first-order chi connectivity index (χ1) is 9.38. The zero-order valence-corrected chi connectivity index (χ0v) is 12.9. The third-order valence-corrected chi connectivity index (χ3v) is 4.97. The Morgan fingerprint density at radius 2 is 1.95 bits per heavy atom. The predicted octanol–water partition coefficient (Wildman–Crippen LogP) is 4.11. The second-order valence-electron chi connectivity index (χ2n) is 4.61. The Labute approximate surface area is 126 Å². The van der Waals surface area contributed by atoms with Gasteiger partial charge in [0.05, 0.1) is 10.4 Å². The molecule has 102 valence electrons. The first-order valence-corrected chi connectivity index (χ1v) is 8.49. The fourth-order valence-electron chi connectivity index (χ4n) is 2.22. The third-order valence-electron chi connectivity index (χ3n) is 3.21. The molecule has 1 aromatic heterocycles. The quantitative estimate of drug-likeness (QED) is 0.541. The molecular formula is C14H10ClNO2S2. The molecule has 0 bridgehead atoms. The highest BCUT2D eigenvalue weighted by Gasteiger charge is 2.10. The maximum absolute atomic E-state index is 11.6. The van der Waals surface area contributed by atoms with Gasteiger partial charge >= 0.3 is 0 Å². The molecule has 0 radical (unpaired) electrons. The summed E-state index contributed by atoms with van der Waals surface area (Å²) < 4.78 is 23.9. The number of pyridine rings is 1. The smallest absolute Gasteiger partial charge is 0.176 e. The summed E-state index contributed by atoms with van der Waals surface area (Å²) in [5.74, 6) is 0. The number of benzene rings is 2. The van der Waals surface area contributed by atoms with Gasteiger partial charge in [0.2, 0.25) is 0 Å². The van der Waals surface area contributed by atoms with E-state index in [2.05, 4.69) is 4.98 Å². The van der Waals surface area contributed by atoms with Crippen molar-refractivity contribution in [3.05, 3.63) is 46.1 Å². The van der Waals surface area contributed by atoms with E-state index in [1.54, 1.807) is 18.2 Å². The topological polar surface area (TPSA) is 49.9 Å². The van der Waals surface area contributed by atoms with Crippen LogP contribution in [0, 0.1) is 4.51 Å². The molecule has 0 saturated carbocycles. The van der Waals surface area contributed by atoms with E-state index in [9.17, 15) is 8.42 Å². The predicted molar refractivity (Wildman–Crippen MR) is 84.8 cm³/mol. The number of sulfone groups is 1. The largest absolute Gasteiger partial charge is 0.359 e. The van der Waals surface area contributed by atoms with Crippen molar-refractivity contribution in [2.75, 3.05) is 6.26 Å². The number of rotatable bonds is 1. The highest BCUT2D eigenvalue weighted by molar-refractivity contribution is 7.90. The van der Waals surface area contributed by atoms with Crippen LogP contribution in [0.3, 0.4) is 0 Å². The van der Waals surface area contributed by atoms with E-state index in [0.29, 0.717) is 9.53 Å². The minimum Gasteiger partial charge on any atom is -0.359 e. The van der Waals surface area contributed by atoms with E-state index < -0.39 is 9.84 Å². The molecule has 1 N–H and O–H groups in total. The molecule has 3 aromatic rings. The van der Waals surface area contributed by atoms with Crippen molar-refractivity contribution in [1.29, 1.82) is 0 Å². The number of aromatic amines is 1. The van der Waals surface area contributed by atoms with Crippen molar-refractivity contribution in [2.45, 2.75) is 4.90 Å². The van der Waals surface area contributed by atoms with Gasteiger partial charge in [-0.25, -0.2) is 8.42 Å². The molecule has 0 aliphatic heterocycles. The average molecular weight is 324 g/mol. The minimum atomic E-state index is -3.25. The number of hydrogen-bond acceptors (Lipinski definition) is 3. The molecule has 0 aliphatic carbocycles. The lowest BCUT2D eigenvalue weighted by atomic mass is 10.1. The Morgan fingerprint density at radius 1 is 1.20 bits per heavy atom. The number of H-pyrrole nitrogens is 1. The Kier molecular flexibility index (Phi) is 3.08. The number of halogens is 1. The number of aromatic nitrogens is 1. The molecule has 3 nitrogen and oxygen atoms in total. The lowest BCUT2D eigenvalue weighted by Gasteiger charge is -2.07. The normalized spacial score (nSPS) is 12.1. The summed E-state index contributed by atoms with van der Waals surface area (Å²) in [6.07, 6.45) is 2.66. The number of nitrogens with one attached hydrogen (secondary N) is 1. The second kappa shape index (κ2) is 4.55. The molecule has 0 atom stereocenters. The molecule has 1 heterocycles. The molecular weight excluding hydrogens is 314 g/mol. The monoisotopic (exact) mass is 323 g/mol. The molecule has 0 fully saturated rings. The van der Waals surface area contributed by atoms with E-state index in [0.717, 1.165) is 21.7 Å². The van der Waals surface area contributed by atoms with E-state index in [-0.39, 0.29) is 4.90 Å². The van der Waals surface area contributed by atoms with E-state index >= 15 is 0 Å². The van der Waals surface area contributed by atoms with Gasteiger partial charge in [0.25, 0.3) is 0 Å². The summed E-state index contributed by atoms with van der Waals surface area (Å²) in [6.45, 7) is 0. The number of hydrogen-bond donors (Lipinski definition) is 1. The van der Waals surface area contributed by atoms with Crippen molar-refractivity contribution in [3.8, 4) is 0 Å². The Hall–Kier alpha value is -1.43. The van der Waals surface area contributed by atoms with Crippen LogP contribution in [0.1, 0.15) is 0 Å². The summed E-state index contributed by atoms with van der Waals surface area (Å²) in [7, 11) is -3.25. The van der Waals surface area contributed by atoms with Gasteiger partial charge in [-0.1, -0.05) is 36.0 Å². The van der Waals surface area contributed by atoms with Gasteiger partial charge in [-0.2, -0.15) is 0 Å². The Bertz CT molecular complexity index is 1010. The molecule has 6 heteroatoms. The molecule has 0 aliphatic rings. The summed E-state index contributed by atoms with van der Waals surface area (Å²) in [4.78, 5) is 3.28. The van der Waals surface area contributed by atoms with Crippen LogP contribution in [0.2, 0.25) is 5.02 Å². The van der Waals surface area contributed by atoms with Crippen molar-refractivity contribution in [1.82, 2.24) is 4.98 Å². The van der Waals surface area contributed by atoms with Crippen LogP contribution in [0.5, 0.6) is 0 Å². The van der Waals surface area contributed by atoms with Crippen LogP contribution < -0.4 is 0 Å². The van der Waals surface area contributed by atoms with Crippen molar-refractivity contribution < 1.29 is 8.42 Å². The maximum atomic E-state index is 11.6. The van der Waals surface area contributed by atoms with Crippen LogP contribution in [-0.2, 0) is 9.84 Å². The highest BCUT2D eigenvalue weighted by atomic mass is 35.5. The van der Waals surface area contributed by atoms with Gasteiger partial charge in [-0.3, -0.25) is 0 Å². The summed E-state index contributed by atoms with van der Waals surface area (Å²) in [6, 6.07) is 8.87. The molecule has 0 saturated heterocycles. The van der Waals surface area contributed by atoms with Crippen molar-refractivity contribution in [2.24, 2.45) is 0 Å². The zero-order valence-electron chi connectivity index (χ0n) is 10.5. The van der Waals surface area contributed by atoms with Crippen molar-refractivity contribution >= 4 is 55.3 Å². The van der Waals surface area contributed by atoms with E-state index in [1.807, 2.05) is 12.1 Å². The van der Waals surface area contributed by atoms with Crippen LogP contribution >= 0.6 is 23.8 Å². The van der Waals surface area contributed by atoms with E-state index in [1.165, 1.54) is 12.5 Å². The minimum absolute atomic E-state index is 0.247. The van der Waals surface area contributed by atoms with E-state index in [4.69, 9.17) is 23.8 Å². The summed E-state index contributed by atoms with van der Waals surface area (Å²) in [5.41, 5.74) is 0.794. The third kappa shape index (κ3) is 2.12. The molecule has 20 heavy (non-hydrogen) atoms.